The number of fused-ring (bicyclic) bond motifs is 1. The molecule has 0 aliphatic rings. The van der Waals surface area contributed by atoms with Gasteiger partial charge in [-0.25, -0.2) is 17.9 Å². The molecule has 10 nitrogen and oxygen atoms in total. The van der Waals surface area contributed by atoms with Gasteiger partial charge in [-0.3, -0.25) is 14.6 Å². The minimum absolute atomic E-state index is 0.0446. The van der Waals surface area contributed by atoms with Gasteiger partial charge in [0.25, 0.3) is 15.9 Å². The molecule has 0 unspecified atom stereocenters. The number of Topliss-reactive ketones (excluding diaryl/α,β-unsaturated/α-hetero) is 1. The molecule has 2 aromatic carbocycles. The number of hydrogen-bond donors (Lipinski definition) is 4. The Morgan fingerprint density at radius 2 is 1.68 bits per heavy atom. The summed E-state index contributed by atoms with van der Waals surface area (Å²) in [5, 5.41) is 28.6. The van der Waals surface area contributed by atoms with Crippen molar-refractivity contribution in [2.75, 3.05) is 0 Å². The highest BCUT2D eigenvalue weighted by Crippen LogP contribution is 2.25. The van der Waals surface area contributed by atoms with Crippen LogP contribution in [0.15, 0.2) is 53.6 Å². The van der Waals surface area contributed by atoms with E-state index in [0.717, 1.165) is 31.3 Å². The Morgan fingerprint density at radius 1 is 1.03 bits per heavy atom. The largest absolute Gasteiger partial charge is 0.489 e. The number of pyridine rings is 1. The molecule has 1 heterocycles. The van der Waals surface area contributed by atoms with Crippen LogP contribution in [0.5, 0.6) is 0 Å². The highest BCUT2D eigenvalue weighted by Gasteiger charge is 2.29. The first kappa shape index (κ1) is 22.1. The molecular weight excluding hydrogens is 427 g/mol. The van der Waals surface area contributed by atoms with Crippen LogP contribution in [-0.4, -0.2) is 53.3 Å². The minimum atomic E-state index is -4.57. The van der Waals surface area contributed by atoms with Crippen LogP contribution in [0.3, 0.4) is 0 Å². The Balaban J connectivity index is 2.15. The molecule has 0 atom stereocenters. The maximum absolute atomic E-state index is 13.0. The van der Waals surface area contributed by atoms with Crippen molar-refractivity contribution in [3.8, 4) is 0 Å². The van der Waals surface area contributed by atoms with Crippen molar-refractivity contribution in [2.45, 2.75) is 11.8 Å². The van der Waals surface area contributed by atoms with Crippen LogP contribution in [0.2, 0.25) is 0 Å². The Kier molecular flexibility index (Phi) is 5.89. The van der Waals surface area contributed by atoms with Gasteiger partial charge in [-0.2, -0.15) is 0 Å². The number of nitrogens with zero attached hydrogens (tertiary/aromatic N) is 1. The number of ketones is 1. The Labute approximate surface area is 176 Å². The van der Waals surface area contributed by atoms with Gasteiger partial charge in [-0.15, -0.1) is 0 Å². The molecule has 0 aliphatic heterocycles. The molecule has 158 valence electrons. The van der Waals surface area contributed by atoms with Crippen molar-refractivity contribution in [1.29, 1.82) is 0 Å². The molecular formula is C19H15BN2O8S. The maximum Gasteiger partial charge on any atom is 0.489 e. The molecule has 0 radical (unpaired) electrons. The number of aromatic carboxylic acids is 1. The number of benzene rings is 2. The number of aromatic nitrogens is 1. The Hall–Kier alpha value is -3.61. The maximum atomic E-state index is 13.0. The summed E-state index contributed by atoms with van der Waals surface area (Å²) in [6.45, 7) is 1.13. The first-order chi connectivity index (χ1) is 14.5. The quantitative estimate of drug-likeness (QED) is 0.301. The van der Waals surface area contributed by atoms with Crippen molar-refractivity contribution in [3.63, 3.8) is 0 Å². The summed E-state index contributed by atoms with van der Waals surface area (Å²) in [5.74, 6) is -3.12. The van der Waals surface area contributed by atoms with E-state index in [9.17, 15) is 32.8 Å². The van der Waals surface area contributed by atoms with Crippen molar-refractivity contribution in [3.05, 3.63) is 65.5 Å². The highest BCUT2D eigenvalue weighted by molar-refractivity contribution is 7.90. The van der Waals surface area contributed by atoms with Gasteiger partial charge < -0.3 is 15.2 Å². The van der Waals surface area contributed by atoms with Crippen LogP contribution in [-0.2, 0) is 10.0 Å². The number of carboxylic acid groups (broad SMARTS) is 1. The molecule has 0 fully saturated rings. The number of amides is 1. The zero-order valence-electron chi connectivity index (χ0n) is 15.9. The van der Waals surface area contributed by atoms with Crippen LogP contribution >= 0.6 is 0 Å². The molecule has 3 aromatic rings. The highest BCUT2D eigenvalue weighted by atomic mass is 32.2. The average molecular weight is 442 g/mol. The average Bonchev–Trinajstić information content (AvgIpc) is 2.71. The van der Waals surface area contributed by atoms with E-state index >= 15 is 0 Å². The van der Waals surface area contributed by atoms with Crippen LogP contribution in [0.4, 0.5) is 0 Å². The van der Waals surface area contributed by atoms with Crippen LogP contribution in [0, 0.1) is 0 Å². The van der Waals surface area contributed by atoms with E-state index in [0.29, 0.717) is 0 Å². The lowest BCUT2D eigenvalue weighted by atomic mass is 9.73. The van der Waals surface area contributed by atoms with Crippen molar-refractivity contribution < 1.29 is 38.0 Å². The van der Waals surface area contributed by atoms with Gasteiger partial charge in [0, 0.05) is 22.6 Å². The van der Waals surface area contributed by atoms with Gasteiger partial charge in [0.2, 0.25) is 0 Å². The summed E-state index contributed by atoms with van der Waals surface area (Å²) in [5.41, 5.74) is -1.11. The molecule has 0 spiro atoms. The second kappa shape index (κ2) is 8.26. The van der Waals surface area contributed by atoms with Crippen molar-refractivity contribution in [2.24, 2.45) is 0 Å². The van der Waals surface area contributed by atoms with Gasteiger partial charge in [-0.1, -0.05) is 24.3 Å². The predicted molar refractivity (Wildman–Crippen MR) is 110 cm³/mol. The van der Waals surface area contributed by atoms with Gasteiger partial charge >= 0.3 is 13.1 Å². The zero-order chi connectivity index (χ0) is 22.9. The first-order valence-electron chi connectivity index (χ1n) is 8.72. The molecule has 1 aromatic heterocycles. The molecule has 3 rings (SSSR count). The SMILES string of the molecule is CC(=O)c1cc(S(=O)(=O)NC(=O)c2cc(C(=O)O)ccn2)c2ccccc2c1B(O)O. The first-order valence-corrected chi connectivity index (χ1v) is 10.2. The van der Waals surface area contributed by atoms with Gasteiger partial charge in [-0.05, 0) is 30.5 Å². The lowest BCUT2D eigenvalue weighted by Crippen LogP contribution is -2.37. The minimum Gasteiger partial charge on any atom is -0.478 e. The normalized spacial score (nSPS) is 11.2. The summed E-state index contributed by atoms with van der Waals surface area (Å²) in [7, 11) is -6.61. The zero-order valence-corrected chi connectivity index (χ0v) is 16.8. The van der Waals surface area contributed by atoms with Crippen molar-refractivity contribution >= 4 is 51.0 Å². The summed E-state index contributed by atoms with van der Waals surface area (Å²) in [4.78, 5) is 38.8. The van der Waals surface area contributed by atoms with Gasteiger partial charge in [0.1, 0.15) is 5.69 Å². The molecule has 4 N–H and O–H groups in total. The smallest absolute Gasteiger partial charge is 0.478 e. The van der Waals surface area contributed by atoms with Crippen LogP contribution < -0.4 is 10.2 Å². The van der Waals surface area contributed by atoms with Crippen LogP contribution in [0.25, 0.3) is 10.8 Å². The van der Waals surface area contributed by atoms with E-state index in [4.69, 9.17) is 5.11 Å². The Bertz CT molecular complexity index is 1340. The molecule has 12 heteroatoms. The van der Waals surface area contributed by atoms with E-state index in [-0.39, 0.29) is 27.4 Å². The molecule has 0 bridgehead atoms. The Morgan fingerprint density at radius 3 is 2.26 bits per heavy atom. The van der Waals surface area contributed by atoms with Crippen LogP contribution in [0.1, 0.15) is 38.1 Å². The predicted octanol–water partition coefficient (Wildman–Crippen LogP) is -0.0659. The molecule has 0 saturated heterocycles. The standard InChI is InChI=1S/C19H15BN2O8S/c1-10(23)14-9-16(12-4-2-3-5-13(12)17(14)20(27)28)31(29,30)22-18(24)15-8-11(19(25)26)6-7-21-15/h2-9,27-28H,1H3,(H,22,24)(H,25,26). The molecule has 0 saturated carbocycles. The van der Waals surface area contributed by atoms with E-state index < -0.39 is 45.4 Å². The summed E-state index contributed by atoms with van der Waals surface area (Å²) in [6.07, 6.45) is 1.05. The number of carbonyl (C=O) groups is 3. The second-order valence-electron chi connectivity index (χ2n) is 6.48. The summed E-state index contributed by atoms with van der Waals surface area (Å²) >= 11 is 0. The van der Waals surface area contributed by atoms with E-state index in [1.165, 1.54) is 24.3 Å². The van der Waals surface area contributed by atoms with Gasteiger partial charge in [0.05, 0.1) is 10.5 Å². The topological polar surface area (TPSA) is 171 Å². The fourth-order valence-electron chi connectivity index (χ4n) is 3.07. The third kappa shape index (κ3) is 4.31. The second-order valence-corrected chi connectivity index (χ2v) is 8.13. The van der Waals surface area contributed by atoms with E-state index in [2.05, 4.69) is 4.98 Å². The fourth-order valence-corrected chi connectivity index (χ4v) is 4.27. The molecule has 31 heavy (non-hydrogen) atoms. The monoisotopic (exact) mass is 442 g/mol. The lowest BCUT2D eigenvalue weighted by Gasteiger charge is -2.15. The van der Waals surface area contributed by atoms with Crippen molar-refractivity contribution in [1.82, 2.24) is 9.71 Å². The third-order valence-corrected chi connectivity index (χ3v) is 5.81. The van der Waals surface area contributed by atoms with E-state index in [1.807, 2.05) is 0 Å². The molecule has 1 amide bonds. The number of nitrogens with one attached hydrogen (secondary N) is 1. The number of sulfonamides is 1. The van der Waals surface area contributed by atoms with Gasteiger partial charge in [0.15, 0.2) is 5.78 Å². The number of carboxylic acids is 1. The number of carbonyl (C=O) groups excluding carboxylic acids is 2. The number of rotatable bonds is 6. The molecule has 0 aliphatic carbocycles. The third-order valence-electron chi connectivity index (χ3n) is 4.44. The fraction of sp³-hybridized carbons (Fsp3) is 0.0526. The lowest BCUT2D eigenvalue weighted by molar-refractivity contribution is 0.0696. The van der Waals surface area contributed by atoms with E-state index in [1.54, 1.807) is 4.72 Å². The summed E-state index contributed by atoms with van der Waals surface area (Å²) < 4.78 is 27.8. The summed E-state index contributed by atoms with van der Waals surface area (Å²) in [6, 6.07) is 8.83. The number of hydrogen-bond acceptors (Lipinski definition) is 8.